The number of rotatable bonds is 19. The maximum Gasteiger partial charge on any atom is 0.330 e. The van der Waals surface area contributed by atoms with Crippen LogP contribution in [0.2, 0.25) is 0 Å². The molecule has 158 valence electrons. The second kappa shape index (κ2) is 17.3. The van der Waals surface area contributed by atoms with Crippen LogP contribution in [0, 0.1) is 0 Å². The zero-order chi connectivity index (χ0) is 20.4. The van der Waals surface area contributed by atoms with Gasteiger partial charge >= 0.3 is 5.97 Å². The number of aliphatic hydroxyl groups is 1. The fourth-order valence-electron chi connectivity index (χ4n) is 2.83. The van der Waals surface area contributed by atoms with Crippen molar-refractivity contribution in [2.24, 2.45) is 5.73 Å². The molecule has 0 aliphatic heterocycles. The van der Waals surface area contributed by atoms with Crippen molar-refractivity contribution in [1.82, 2.24) is 0 Å². The summed E-state index contributed by atoms with van der Waals surface area (Å²) in [5.41, 5.74) is 5.37. The van der Waals surface area contributed by atoms with E-state index in [1.54, 1.807) is 0 Å². The predicted octanol–water partition coefficient (Wildman–Crippen LogP) is 4.96. The van der Waals surface area contributed by atoms with Crippen LogP contribution in [0.5, 0.6) is 0 Å². The number of unbranched alkanes of at least 4 members (excludes halogenated alkanes) is 11. The number of aliphatic hydroxyl groups excluding tert-OH is 1. The molecule has 0 aromatic carbocycles. The first-order valence-electron chi connectivity index (χ1n) is 10.6. The van der Waals surface area contributed by atoms with Gasteiger partial charge in [-0.05, 0) is 40.7 Å². The van der Waals surface area contributed by atoms with Gasteiger partial charge in [0, 0.05) is 6.42 Å². The van der Waals surface area contributed by atoms with Crippen LogP contribution in [0.4, 0.5) is 0 Å². The van der Waals surface area contributed by atoms with E-state index in [0.29, 0.717) is 6.42 Å². The molecule has 0 heterocycles. The molecule has 0 saturated carbocycles. The smallest absolute Gasteiger partial charge is 0.330 e. The zero-order valence-electron chi connectivity index (χ0n) is 17.0. The molecule has 5 nitrogen and oxygen atoms in total. The first kappa shape index (κ1) is 26.2. The lowest BCUT2D eigenvalue weighted by Gasteiger charge is -2.20. The molecule has 0 bridgehead atoms. The molecule has 0 spiro atoms. The molecule has 0 aromatic rings. The summed E-state index contributed by atoms with van der Waals surface area (Å²) in [7, 11) is -0.578. The van der Waals surface area contributed by atoms with Crippen LogP contribution < -0.4 is 5.73 Å². The molecule has 4 N–H and O–H groups in total. The third kappa shape index (κ3) is 14.9. The van der Waals surface area contributed by atoms with Crippen molar-refractivity contribution in [2.45, 2.75) is 102 Å². The summed E-state index contributed by atoms with van der Waals surface area (Å²) >= 11 is 0. The summed E-state index contributed by atoms with van der Waals surface area (Å²) in [6, 6.07) is 0. The number of nitrogens with two attached hydrogens (primary N) is 1. The van der Waals surface area contributed by atoms with E-state index in [9.17, 15) is 9.59 Å². The molecule has 6 heteroatoms. The lowest BCUT2D eigenvalue weighted by atomic mass is 10.1. The Labute approximate surface area is 167 Å². The summed E-state index contributed by atoms with van der Waals surface area (Å²) in [6.07, 6.45) is 20.5. The van der Waals surface area contributed by atoms with Crippen molar-refractivity contribution in [3.63, 3.8) is 0 Å². The summed E-state index contributed by atoms with van der Waals surface area (Å²) in [5, 5.41) is 16.2. The summed E-state index contributed by atoms with van der Waals surface area (Å²) in [6.45, 7) is 1.53. The van der Waals surface area contributed by atoms with Gasteiger partial charge in [0.1, 0.15) is 0 Å². The lowest BCUT2D eigenvalue weighted by Crippen LogP contribution is -2.47. The number of allylic oxidation sites excluding steroid dienone is 2. The van der Waals surface area contributed by atoms with Gasteiger partial charge < -0.3 is 15.9 Å². The average molecular weight is 402 g/mol. The average Bonchev–Trinajstić information content (AvgIpc) is 2.64. The quantitative estimate of drug-likeness (QED) is 0.161. The highest BCUT2D eigenvalue weighted by Gasteiger charge is 2.35. The molecule has 0 aromatic heterocycles. The Morgan fingerprint density at radius 3 is 1.85 bits per heavy atom. The van der Waals surface area contributed by atoms with Gasteiger partial charge in [0.05, 0.1) is 6.61 Å². The summed E-state index contributed by atoms with van der Waals surface area (Å²) in [5.74, 6) is -1.32. The second-order valence-electron chi connectivity index (χ2n) is 7.32. The van der Waals surface area contributed by atoms with Crippen LogP contribution in [0.25, 0.3) is 0 Å². The standard InChI is InChI=1S/C21H40NO4P/c1-2-3-4-5-6-7-8-9-10-11-12-13-14-15-16-17-19(24)27-21(22,18-23)20(25)26/h9-10,23,27H,2-8,11-18,22H2,1H3,(H,25,26). The molecule has 0 rings (SSSR count). The highest BCUT2D eigenvalue weighted by Crippen LogP contribution is 2.29. The monoisotopic (exact) mass is 401 g/mol. The van der Waals surface area contributed by atoms with Crippen molar-refractivity contribution in [2.75, 3.05) is 6.61 Å². The van der Waals surface area contributed by atoms with Gasteiger partial charge in [0.2, 0.25) is 0 Å². The molecule has 0 fully saturated rings. The minimum Gasteiger partial charge on any atom is -0.480 e. The fourth-order valence-corrected chi connectivity index (χ4v) is 3.81. The van der Waals surface area contributed by atoms with E-state index >= 15 is 0 Å². The first-order chi connectivity index (χ1) is 13.0. The number of carboxylic acid groups (broad SMARTS) is 1. The van der Waals surface area contributed by atoms with Gasteiger partial charge in [0.15, 0.2) is 10.8 Å². The third-order valence-electron chi connectivity index (χ3n) is 4.66. The van der Waals surface area contributed by atoms with Gasteiger partial charge in [-0.15, -0.1) is 0 Å². The van der Waals surface area contributed by atoms with Crippen molar-refractivity contribution in [1.29, 1.82) is 0 Å². The van der Waals surface area contributed by atoms with Crippen LogP contribution in [-0.2, 0) is 9.59 Å². The number of aliphatic carboxylic acids is 1. The van der Waals surface area contributed by atoms with E-state index in [4.69, 9.17) is 15.9 Å². The summed E-state index contributed by atoms with van der Waals surface area (Å²) < 4.78 is 0. The Balaban J connectivity index is 3.48. The van der Waals surface area contributed by atoms with Crippen LogP contribution >= 0.6 is 8.58 Å². The number of hydrogen-bond acceptors (Lipinski definition) is 4. The normalized spacial score (nSPS) is 14.2. The number of carbonyl (C=O) groups excluding carboxylic acids is 1. The lowest BCUT2D eigenvalue weighted by molar-refractivity contribution is -0.141. The SMILES string of the molecule is CCCCCCCCC=CCCCCCCCC(=O)PC(N)(CO)C(=O)O. The molecule has 0 aliphatic rings. The Morgan fingerprint density at radius 1 is 0.889 bits per heavy atom. The van der Waals surface area contributed by atoms with Crippen molar-refractivity contribution < 1.29 is 19.8 Å². The third-order valence-corrected chi connectivity index (χ3v) is 6.01. The van der Waals surface area contributed by atoms with E-state index in [-0.39, 0.29) is 5.52 Å². The largest absolute Gasteiger partial charge is 0.480 e. The molecule has 0 aliphatic carbocycles. The number of carboxylic acids is 1. The maximum absolute atomic E-state index is 11.8. The molecular weight excluding hydrogens is 361 g/mol. The summed E-state index contributed by atoms with van der Waals surface area (Å²) in [4.78, 5) is 22.8. The molecule has 2 unspecified atom stereocenters. The van der Waals surface area contributed by atoms with Gasteiger partial charge in [-0.1, -0.05) is 70.4 Å². The Morgan fingerprint density at radius 2 is 1.37 bits per heavy atom. The Bertz CT molecular complexity index is 428. The van der Waals surface area contributed by atoms with Crippen LogP contribution in [0.1, 0.15) is 96.8 Å². The zero-order valence-corrected chi connectivity index (χ0v) is 18.0. The Hall–Kier alpha value is -0.770. The van der Waals surface area contributed by atoms with Gasteiger partial charge in [-0.25, -0.2) is 4.79 Å². The van der Waals surface area contributed by atoms with E-state index in [2.05, 4.69) is 19.1 Å². The molecular formula is C21H40NO4P. The van der Waals surface area contributed by atoms with Crippen LogP contribution in [0.15, 0.2) is 12.2 Å². The molecule has 0 amide bonds. The Kier molecular flexibility index (Phi) is 16.8. The van der Waals surface area contributed by atoms with Crippen molar-refractivity contribution >= 4 is 20.1 Å². The van der Waals surface area contributed by atoms with E-state index in [0.717, 1.165) is 32.1 Å². The molecule has 2 atom stereocenters. The van der Waals surface area contributed by atoms with Gasteiger partial charge in [0.25, 0.3) is 0 Å². The number of hydrogen-bond donors (Lipinski definition) is 3. The molecule has 27 heavy (non-hydrogen) atoms. The highest BCUT2D eigenvalue weighted by molar-refractivity contribution is 7.60. The minimum absolute atomic E-state index is 0.161. The van der Waals surface area contributed by atoms with E-state index in [1.807, 2.05) is 0 Å². The van der Waals surface area contributed by atoms with Crippen molar-refractivity contribution in [3.8, 4) is 0 Å². The van der Waals surface area contributed by atoms with E-state index < -0.39 is 26.4 Å². The minimum atomic E-state index is -1.81. The molecule has 0 radical (unpaired) electrons. The topological polar surface area (TPSA) is 101 Å². The second-order valence-corrected chi connectivity index (χ2v) is 9.02. The van der Waals surface area contributed by atoms with E-state index in [1.165, 1.54) is 51.4 Å². The first-order valence-corrected chi connectivity index (χ1v) is 11.6. The molecule has 0 saturated heterocycles. The highest BCUT2D eigenvalue weighted by atomic mass is 31.1. The fraction of sp³-hybridized carbons (Fsp3) is 0.810. The van der Waals surface area contributed by atoms with Gasteiger partial charge in [-0.3, -0.25) is 4.79 Å². The van der Waals surface area contributed by atoms with Crippen LogP contribution in [0.3, 0.4) is 0 Å². The van der Waals surface area contributed by atoms with Gasteiger partial charge in [-0.2, -0.15) is 0 Å². The predicted molar refractivity (Wildman–Crippen MR) is 114 cm³/mol. The maximum atomic E-state index is 11.8. The van der Waals surface area contributed by atoms with Crippen LogP contribution in [-0.4, -0.2) is 33.6 Å². The number of carbonyl (C=O) groups is 2. The van der Waals surface area contributed by atoms with Crippen molar-refractivity contribution in [3.05, 3.63) is 12.2 Å².